The predicted octanol–water partition coefficient (Wildman–Crippen LogP) is 6.34. The Morgan fingerprint density at radius 2 is 1.64 bits per heavy atom. The van der Waals surface area contributed by atoms with Crippen molar-refractivity contribution in [1.82, 2.24) is 4.72 Å². The van der Waals surface area contributed by atoms with Crippen molar-refractivity contribution in [2.45, 2.75) is 38.8 Å². The van der Waals surface area contributed by atoms with Crippen LogP contribution in [-0.4, -0.2) is 20.0 Å². The number of halogens is 6. The number of sulfonamides is 1. The molecule has 0 unspecified atom stereocenters. The second kappa shape index (κ2) is 11.6. The summed E-state index contributed by atoms with van der Waals surface area (Å²) in [6.45, 7) is 6.38. The molecule has 0 aliphatic carbocycles. The van der Waals surface area contributed by atoms with Crippen LogP contribution in [-0.2, 0) is 21.0 Å². The van der Waals surface area contributed by atoms with Crippen LogP contribution in [0.25, 0.3) is 0 Å². The monoisotopic (exact) mass is 526 g/mol. The Labute approximate surface area is 199 Å². The van der Waals surface area contributed by atoms with Crippen LogP contribution in [0.1, 0.15) is 31.9 Å². The van der Waals surface area contributed by atoms with Crippen molar-refractivity contribution in [3.05, 3.63) is 75.2 Å². The Kier molecular flexibility index (Phi) is 10.1. The largest absolute Gasteiger partial charge is 0.416 e. The minimum absolute atomic E-state index is 0.0123. The van der Waals surface area contributed by atoms with E-state index < -0.39 is 33.5 Å². The predicted molar refractivity (Wildman–Crippen MR) is 120 cm³/mol. The lowest BCUT2D eigenvalue weighted by Gasteiger charge is -2.10. The van der Waals surface area contributed by atoms with Gasteiger partial charge in [-0.3, -0.25) is 9.79 Å². The number of allylic oxidation sites excluding steroid dienone is 1. The van der Waals surface area contributed by atoms with Gasteiger partial charge in [0.15, 0.2) is 0 Å². The summed E-state index contributed by atoms with van der Waals surface area (Å²) in [5.74, 6) is -1.71. The first-order valence-corrected chi connectivity index (χ1v) is 11.4. The number of aliphatic imine (C=N–C) groups is 1. The highest BCUT2D eigenvalue weighted by molar-refractivity contribution is 7.90. The molecule has 0 spiro atoms. The van der Waals surface area contributed by atoms with Gasteiger partial charge in [0.25, 0.3) is 15.9 Å². The summed E-state index contributed by atoms with van der Waals surface area (Å²) >= 11 is 11.7. The van der Waals surface area contributed by atoms with Gasteiger partial charge < -0.3 is 0 Å². The normalized spacial score (nSPS) is 11.9. The highest BCUT2D eigenvalue weighted by Gasteiger charge is 2.31. The molecule has 180 valence electrons. The maximum Gasteiger partial charge on any atom is 0.416 e. The molecule has 2 aromatic carbocycles. The molecule has 0 aliphatic heterocycles. The molecule has 1 amide bonds. The number of carbonyl (C=O) groups is 1. The van der Waals surface area contributed by atoms with Crippen molar-refractivity contribution < 1.29 is 30.8 Å². The Morgan fingerprint density at radius 1 is 1.09 bits per heavy atom. The summed E-state index contributed by atoms with van der Waals surface area (Å²) < 4.78 is 74.7. The van der Waals surface area contributed by atoms with E-state index in [1.54, 1.807) is 20.8 Å². The number of nitrogens with one attached hydrogen (secondary N) is 1. The van der Waals surface area contributed by atoms with Crippen LogP contribution in [0.15, 0.2) is 58.1 Å². The molecular weight excluding hydrogens is 507 g/mol. The number of alkyl halides is 3. The van der Waals surface area contributed by atoms with E-state index in [2.05, 4.69) is 4.99 Å². The number of hydrogen-bond acceptors (Lipinski definition) is 4. The number of rotatable bonds is 4. The van der Waals surface area contributed by atoms with Crippen molar-refractivity contribution >= 4 is 44.8 Å². The molecule has 0 fully saturated rings. The number of aryl methyl sites for hydroxylation is 1. The molecule has 0 saturated carbocycles. The summed E-state index contributed by atoms with van der Waals surface area (Å²) in [4.78, 5) is 15.6. The molecule has 0 aliphatic rings. The van der Waals surface area contributed by atoms with Gasteiger partial charge in [-0.1, -0.05) is 35.3 Å². The summed E-state index contributed by atoms with van der Waals surface area (Å²) in [6.07, 6.45) is -3.06. The molecule has 0 bridgehead atoms. The lowest BCUT2D eigenvalue weighted by atomic mass is 10.1. The van der Waals surface area contributed by atoms with Gasteiger partial charge in [-0.25, -0.2) is 17.5 Å². The zero-order valence-electron chi connectivity index (χ0n) is 17.9. The number of benzene rings is 2. The molecule has 0 atom stereocenters. The molecule has 33 heavy (non-hydrogen) atoms. The lowest BCUT2D eigenvalue weighted by Crippen LogP contribution is -2.32. The van der Waals surface area contributed by atoms with Gasteiger partial charge in [-0.05, 0) is 63.6 Å². The Balaban J connectivity index is 0.000000383. The van der Waals surface area contributed by atoms with Crippen molar-refractivity contribution in [1.29, 1.82) is 0 Å². The smallest absolute Gasteiger partial charge is 0.266 e. The van der Waals surface area contributed by atoms with Gasteiger partial charge in [0.05, 0.1) is 15.6 Å². The number of carbonyl (C=O) groups excluding carboxylic acids is 1. The molecule has 0 saturated heterocycles. The van der Waals surface area contributed by atoms with Gasteiger partial charge in [0.2, 0.25) is 0 Å². The Hall–Kier alpha value is -2.43. The van der Waals surface area contributed by atoms with Gasteiger partial charge in [-0.2, -0.15) is 13.2 Å². The van der Waals surface area contributed by atoms with Crippen LogP contribution in [0.2, 0.25) is 10.0 Å². The first-order valence-electron chi connectivity index (χ1n) is 9.12. The molecule has 5 nitrogen and oxygen atoms in total. The zero-order chi connectivity index (χ0) is 25.6. The average Bonchev–Trinajstić information content (AvgIpc) is 2.64. The standard InChI is InChI=1S/C13H14Cl2N2O3S.C8H6F4/c1-4-11(16-8(2)3)13(18)17-21(19,20)12-9(14)6-5-7-10(12)15;1-5-2-6(8(10,11)12)4-7(9)3-5/h4-7H,1-3H3,(H,17,18);2-4H,1H3/b11-4-;. The quantitative estimate of drug-likeness (QED) is 0.287. The third-order valence-electron chi connectivity index (χ3n) is 3.63. The van der Waals surface area contributed by atoms with Gasteiger partial charge in [-0.15, -0.1) is 0 Å². The first-order chi connectivity index (χ1) is 15.1. The maximum atomic E-state index is 12.5. The van der Waals surface area contributed by atoms with Gasteiger partial charge in [0, 0.05) is 5.71 Å². The fraction of sp³-hybridized carbons (Fsp3) is 0.238. The van der Waals surface area contributed by atoms with Crippen LogP contribution < -0.4 is 4.72 Å². The van der Waals surface area contributed by atoms with E-state index in [0.717, 1.165) is 12.1 Å². The fourth-order valence-electron chi connectivity index (χ4n) is 2.35. The summed E-state index contributed by atoms with van der Waals surface area (Å²) in [6, 6.07) is 6.69. The lowest BCUT2D eigenvalue weighted by molar-refractivity contribution is -0.137. The second-order valence-electron chi connectivity index (χ2n) is 6.73. The topological polar surface area (TPSA) is 75.6 Å². The van der Waals surface area contributed by atoms with E-state index in [1.807, 2.05) is 4.72 Å². The first kappa shape index (κ1) is 28.6. The van der Waals surface area contributed by atoms with E-state index in [4.69, 9.17) is 23.2 Å². The maximum absolute atomic E-state index is 12.5. The van der Waals surface area contributed by atoms with Crippen LogP contribution in [0.3, 0.4) is 0 Å². The molecular formula is C21H20Cl2F4N2O3S. The molecule has 12 heteroatoms. The minimum Gasteiger partial charge on any atom is -0.266 e. The van der Waals surface area contributed by atoms with Gasteiger partial charge >= 0.3 is 6.18 Å². The van der Waals surface area contributed by atoms with Gasteiger partial charge in [0.1, 0.15) is 16.4 Å². The molecule has 0 radical (unpaired) electrons. The highest BCUT2D eigenvalue weighted by atomic mass is 35.5. The van der Waals surface area contributed by atoms with Crippen LogP contribution >= 0.6 is 23.2 Å². The highest BCUT2D eigenvalue weighted by Crippen LogP contribution is 2.30. The van der Waals surface area contributed by atoms with Crippen LogP contribution in [0, 0.1) is 12.7 Å². The van der Waals surface area contributed by atoms with Crippen LogP contribution in [0.5, 0.6) is 0 Å². The van der Waals surface area contributed by atoms with Crippen molar-refractivity contribution in [2.24, 2.45) is 4.99 Å². The summed E-state index contributed by atoms with van der Waals surface area (Å²) in [5.41, 5.74) is -0.0736. The van der Waals surface area contributed by atoms with E-state index in [1.165, 1.54) is 31.2 Å². The number of nitrogens with zero attached hydrogens (tertiary/aromatic N) is 1. The number of hydrogen-bond donors (Lipinski definition) is 1. The zero-order valence-corrected chi connectivity index (χ0v) is 20.2. The molecule has 0 aromatic heterocycles. The van der Waals surface area contributed by atoms with E-state index in [9.17, 15) is 30.8 Å². The molecule has 2 rings (SSSR count). The van der Waals surface area contributed by atoms with E-state index >= 15 is 0 Å². The fourth-order valence-corrected chi connectivity index (χ4v) is 4.46. The second-order valence-corrected chi connectivity index (χ2v) is 9.17. The third kappa shape index (κ3) is 8.79. The van der Waals surface area contributed by atoms with Crippen molar-refractivity contribution in [3.63, 3.8) is 0 Å². The molecule has 0 heterocycles. The van der Waals surface area contributed by atoms with Crippen molar-refractivity contribution in [2.75, 3.05) is 0 Å². The average molecular weight is 527 g/mol. The SMILES string of the molecule is C/C=C(\N=C(C)C)C(=O)NS(=O)(=O)c1c(Cl)cccc1Cl.Cc1cc(F)cc(C(F)(F)F)c1. The summed E-state index contributed by atoms with van der Waals surface area (Å²) in [7, 11) is -4.19. The van der Waals surface area contributed by atoms with Crippen LogP contribution in [0.4, 0.5) is 17.6 Å². The minimum atomic E-state index is -4.47. The third-order valence-corrected chi connectivity index (χ3v) is 5.92. The number of amides is 1. The Bertz CT molecular complexity index is 1150. The summed E-state index contributed by atoms with van der Waals surface area (Å²) in [5, 5.41) is -0.139. The van der Waals surface area contributed by atoms with E-state index in [-0.39, 0.29) is 26.2 Å². The molecule has 1 N–H and O–H groups in total. The van der Waals surface area contributed by atoms with E-state index in [0.29, 0.717) is 11.8 Å². The Morgan fingerprint density at radius 3 is 2.06 bits per heavy atom. The van der Waals surface area contributed by atoms with Crippen molar-refractivity contribution in [3.8, 4) is 0 Å². The molecule has 2 aromatic rings.